The van der Waals surface area contributed by atoms with Crippen molar-refractivity contribution >= 4 is 11.9 Å². The molecule has 1 amide bonds. The van der Waals surface area contributed by atoms with Gasteiger partial charge in [-0.2, -0.15) is 0 Å². The lowest BCUT2D eigenvalue weighted by Gasteiger charge is -2.24. The number of rotatable bonds is 5. The van der Waals surface area contributed by atoms with Crippen LogP contribution in [0.25, 0.3) is 0 Å². The highest BCUT2D eigenvalue weighted by Crippen LogP contribution is 2.25. The minimum atomic E-state index is -0.908. The lowest BCUT2D eigenvalue weighted by Crippen LogP contribution is -2.41. The third-order valence-corrected chi connectivity index (χ3v) is 3.05. The minimum Gasteiger partial charge on any atom is -0.481 e. The summed E-state index contributed by atoms with van der Waals surface area (Å²) >= 11 is 0. The summed E-state index contributed by atoms with van der Waals surface area (Å²) in [4.78, 5) is 22.9. The van der Waals surface area contributed by atoms with Crippen LogP contribution >= 0.6 is 0 Å². The Bertz CT molecular complexity index is 314. The lowest BCUT2D eigenvalue weighted by atomic mass is 9.82. The molecule has 5 heteroatoms. The van der Waals surface area contributed by atoms with Gasteiger partial charge < -0.3 is 15.2 Å². The Morgan fingerprint density at radius 2 is 2.00 bits per heavy atom. The minimum absolute atomic E-state index is 0.0682. The molecule has 1 aliphatic carbocycles. The summed E-state index contributed by atoms with van der Waals surface area (Å²) in [5.74, 6) is -2.20. The Morgan fingerprint density at radius 3 is 2.53 bits per heavy atom. The van der Waals surface area contributed by atoms with Crippen LogP contribution in [0.1, 0.15) is 19.8 Å². The van der Waals surface area contributed by atoms with Gasteiger partial charge in [0.2, 0.25) is 5.91 Å². The van der Waals surface area contributed by atoms with Gasteiger partial charge in [-0.3, -0.25) is 9.59 Å². The van der Waals surface area contributed by atoms with Gasteiger partial charge in [0.15, 0.2) is 0 Å². The van der Waals surface area contributed by atoms with Crippen molar-refractivity contribution in [2.24, 2.45) is 11.8 Å². The number of methoxy groups -OCH3 is 1. The number of hydrogen-bond acceptors (Lipinski definition) is 3. The standard InChI is InChI=1S/C12H19NO4/c1-8(17-2)7-13-11(14)9-5-3-4-6-10(9)12(15)16/h3-4,8-10H,5-7H2,1-2H3,(H,13,14)(H,15,16)/t8?,9-,10+/m1/s1. The van der Waals surface area contributed by atoms with E-state index in [0.29, 0.717) is 19.4 Å². The van der Waals surface area contributed by atoms with E-state index in [1.165, 1.54) is 0 Å². The average molecular weight is 241 g/mol. The van der Waals surface area contributed by atoms with E-state index in [9.17, 15) is 9.59 Å². The van der Waals surface area contributed by atoms with Gasteiger partial charge >= 0.3 is 5.97 Å². The van der Waals surface area contributed by atoms with Crippen molar-refractivity contribution in [3.8, 4) is 0 Å². The number of carboxylic acid groups (broad SMARTS) is 1. The van der Waals surface area contributed by atoms with Crippen LogP contribution in [0, 0.1) is 11.8 Å². The van der Waals surface area contributed by atoms with Crippen LogP contribution in [0.15, 0.2) is 12.2 Å². The second-order valence-corrected chi connectivity index (χ2v) is 4.29. The highest BCUT2D eigenvalue weighted by atomic mass is 16.5. The van der Waals surface area contributed by atoms with E-state index in [2.05, 4.69) is 5.32 Å². The third kappa shape index (κ3) is 3.85. The van der Waals surface area contributed by atoms with Crippen LogP contribution in [0.3, 0.4) is 0 Å². The molecule has 0 aromatic heterocycles. The summed E-state index contributed by atoms with van der Waals surface area (Å²) in [5, 5.41) is 11.8. The second kappa shape index (κ2) is 6.39. The molecule has 1 rings (SSSR count). The third-order valence-electron chi connectivity index (χ3n) is 3.05. The normalized spacial score (nSPS) is 25.3. The van der Waals surface area contributed by atoms with Crippen molar-refractivity contribution < 1.29 is 19.4 Å². The van der Waals surface area contributed by atoms with E-state index < -0.39 is 17.8 Å². The average Bonchev–Trinajstić information content (AvgIpc) is 2.35. The molecule has 96 valence electrons. The molecule has 5 nitrogen and oxygen atoms in total. The molecule has 0 aromatic carbocycles. The van der Waals surface area contributed by atoms with Crippen LogP contribution in [0.2, 0.25) is 0 Å². The number of allylic oxidation sites excluding steroid dienone is 2. The zero-order chi connectivity index (χ0) is 12.8. The number of carboxylic acids is 1. The Morgan fingerprint density at radius 1 is 1.41 bits per heavy atom. The first kappa shape index (κ1) is 13.7. The van der Waals surface area contributed by atoms with Gasteiger partial charge in [0.25, 0.3) is 0 Å². The summed E-state index contributed by atoms with van der Waals surface area (Å²) in [6.07, 6.45) is 4.53. The molecule has 3 atom stereocenters. The van der Waals surface area contributed by atoms with Gasteiger partial charge in [-0.15, -0.1) is 0 Å². The molecule has 0 aliphatic heterocycles. The smallest absolute Gasteiger partial charge is 0.307 e. The predicted molar refractivity (Wildman–Crippen MR) is 62.5 cm³/mol. The molecule has 0 bridgehead atoms. The summed E-state index contributed by atoms with van der Waals surface area (Å²) in [6.45, 7) is 2.25. The molecule has 0 saturated heterocycles. The van der Waals surface area contributed by atoms with Crippen LogP contribution in [0.4, 0.5) is 0 Å². The topological polar surface area (TPSA) is 75.6 Å². The monoisotopic (exact) mass is 241 g/mol. The first-order valence-electron chi connectivity index (χ1n) is 5.74. The van der Waals surface area contributed by atoms with E-state index >= 15 is 0 Å². The maximum absolute atomic E-state index is 11.9. The summed E-state index contributed by atoms with van der Waals surface area (Å²) in [5.41, 5.74) is 0. The number of carbonyl (C=O) groups is 2. The number of ether oxygens (including phenoxy) is 1. The Hall–Kier alpha value is -1.36. The first-order valence-corrected chi connectivity index (χ1v) is 5.74. The van der Waals surface area contributed by atoms with Gasteiger partial charge in [-0.05, 0) is 19.8 Å². The summed E-state index contributed by atoms with van der Waals surface area (Å²) in [7, 11) is 1.57. The molecule has 0 fully saturated rings. The molecule has 0 spiro atoms. The molecule has 0 heterocycles. The van der Waals surface area contributed by atoms with Gasteiger partial charge in [-0.1, -0.05) is 12.2 Å². The van der Waals surface area contributed by atoms with Crippen LogP contribution in [-0.2, 0) is 14.3 Å². The molecule has 0 aromatic rings. The van der Waals surface area contributed by atoms with Gasteiger partial charge in [0, 0.05) is 13.7 Å². The molecular weight excluding hydrogens is 222 g/mol. The molecule has 0 radical (unpaired) electrons. The molecule has 2 N–H and O–H groups in total. The van der Waals surface area contributed by atoms with E-state index in [4.69, 9.17) is 9.84 Å². The Labute approximate surface area is 101 Å². The van der Waals surface area contributed by atoms with Gasteiger partial charge in [0.1, 0.15) is 0 Å². The van der Waals surface area contributed by atoms with Crippen molar-refractivity contribution in [2.75, 3.05) is 13.7 Å². The fraction of sp³-hybridized carbons (Fsp3) is 0.667. The zero-order valence-corrected chi connectivity index (χ0v) is 10.2. The highest BCUT2D eigenvalue weighted by Gasteiger charge is 2.33. The summed E-state index contributed by atoms with van der Waals surface area (Å²) in [6, 6.07) is 0. The quantitative estimate of drug-likeness (QED) is 0.698. The fourth-order valence-corrected chi connectivity index (χ4v) is 1.84. The van der Waals surface area contributed by atoms with Crippen molar-refractivity contribution in [1.82, 2.24) is 5.32 Å². The number of amides is 1. The van der Waals surface area contributed by atoms with Crippen molar-refractivity contribution in [2.45, 2.75) is 25.9 Å². The van der Waals surface area contributed by atoms with E-state index in [1.807, 2.05) is 19.1 Å². The fourth-order valence-electron chi connectivity index (χ4n) is 1.84. The SMILES string of the molecule is COC(C)CNC(=O)[C@@H]1CC=CC[C@@H]1C(=O)O. The van der Waals surface area contributed by atoms with Crippen LogP contribution in [0.5, 0.6) is 0 Å². The molecular formula is C12H19NO4. The van der Waals surface area contributed by atoms with Crippen molar-refractivity contribution in [1.29, 1.82) is 0 Å². The van der Waals surface area contributed by atoms with Gasteiger partial charge in [0.05, 0.1) is 17.9 Å². The maximum Gasteiger partial charge on any atom is 0.307 e. The number of aliphatic carboxylic acids is 1. The van der Waals surface area contributed by atoms with E-state index in [-0.39, 0.29) is 12.0 Å². The number of nitrogens with one attached hydrogen (secondary N) is 1. The predicted octanol–water partition coefficient (Wildman–Crippen LogP) is 0.804. The Kier molecular flexibility index (Phi) is 5.15. The Balaban J connectivity index is 2.54. The first-order chi connectivity index (χ1) is 8.06. The van der Waals surface area contributed by atoms with E-state index in [0.717, 1.165) is 0 Å². The second-order valence-electron chi connectivity index (χ2n) is 4.29. The largest absolute Gasteiger partial charge is 0.481 e. The lowest BCUT2D eigenvalue weighted by molar-refractivity contribution is -0.147. The van der Waals surface area contributed by atoms with Crippen molar-refractivity contribution in [3.63, 3.8) is 0 Å². The molecule has 0 saturated carbocycles. The van der Waals surface area contributed by atoms with Gasteiger partial charge in [-0.25, -0.2) is 0 Å². The summed E-state index contributed by atoms with van der Waals surface area (Å²) < 4.78 is 5.02. The highest BCUT2D eigenvalue weighted by molar-refractivity contribution is 5.85. The number of hydrogen-bond donors (Lipinski definition) is 2. The molecule has 1 unspecified atom stereocenters. The van der Waals surface area contributed by atoms with E-state index in [1.54, 1.807) is 7.11 Å². The van der Waals surface area contributed by atoms with Crippen LogP contribution < -0.4 is 5.32 Å². The number of carbonyl (C=O) groups excluding carboxylic acids is 1. The van der Waals surface area contributed by atoms with Crippen molar-refractivity contribution in [3.05, 3.63) is 12.2 Å². The van der Waals surface area contributed by atoms with Crippen LogP contribution in [-0.4, -0.2) is 36.7 Å². The zero-order valence-electron chi connectivity index (χ0n) is 10.2. The molecule has 1 aliphatic rings. The maximum atomic E-state index is 11.9. The molecule has 17 heavy (non-hydrogen) atoms.